The highest BCUT2D eigenvalue weighted by molar-refractivity contribution is 5.12. The maximum atomic E-state index is 5.68. The van der Waals surface area contributed by atoms with Gasteiger partial charge in [-0.15, -0.1) is 0 Å². The lowest BCUT2D eigenvalue weighted by Crippen LogP contribution is -2.41. The van der Waals surface area contributed by atoms with Gasteiger partial charge in [0.1, 0.15) is 5.76 Å². The SMILES string of the molecule is CCC1CN(Cc2cc(CNC(C)C)co2)CCO1. The van der Waals surface area contributed by atoms with Gasteiger partial charge in [0.05, 0.1) is 25.5 Å². The van der Waals surface area contributed by atoms with E-state index in [-0.39, 0.29) is 0 Å². The van der Waals surface area contributed by atoms with E-state index in [1.807, 2.05) is 6.26 Å². The molecule has 0 spiro atoms. The van der Waals surface area contributed by atoms with E-state index in [0.29, 0.717) is 12.1 Å². The number of hydrogen-bond acceptors (Lipinski definition) is 4. The van der Waals surface area contributed by atoms with Crippen molar-refractivity contribution in [2.24, 2.45) is 0 Å². The molecule has 1 N–H and O–H groups in total. The molecule has 0 bridgehead atoms. The Labute approximate surface area is 116 Å². The minimum absolute atomic E-state index is 0.380. The highest BCUT2D eigenvalue weighted by Crippen LogP contribution is 2.14. The summed E-state index contributed by atoms with van der Waals surface area (Å²) in [6, 6.07) is 2.66. The van der Waals surface area contributed by atoms with Crippen LogP contribution in [-0.4, -0.2) is 36.7 Å². The van der Waals surface area contributed by atoms with Crippen molar-refractivity contribution < 1.29 is 9.15 Å². The lowest BCUT2D eigenvalue weighted by Gasteiger charge is -2.31. The van der Waals surface area contributed by atoms with Crippen LogP contribution in [0, 0.1) is 0 Å². The molecule has 1 aliphatic rings. The van der Waals surface area contributed by atoms with Crippen molar-refractivity contribution in [2.75, 3.05) is 19.7 Å². The largest absolute Gasteiger partial charge is 0.468 e. The second-order valence-electron chi connectivity index (χ2n) is 5.59. The molecule has 1 aliphatic heterocycles. The second kappa shape index (κ2) is 7.08. The van der Waals surface area contributed by atoms with E-state index >= 15 is 0 Å². The van der Waals surface area contributed by atoms with Crippen LogP contribution in [0.4, 0.5) is 0 Å². The summed E-state index contributed by atoms with van der Waals surface area (Å²) in [5.74, 6) is 1.05. The molecule has 1 atom stereocenters. The van der Waals surface area contributed by atoms with Crippen LogP contribution >= 0.6 is 0 Å². The Balaban J connectivity index is 1.82. The van der Waals surface area contributed by atoms with E-state index in [1.165, 1.54) is 5.56 Å². The fraction of sp³-hybridized carbons (Fsp3) is 0.733. The van der Waals surface area contributed by atoms with E-state index in [0.717, 1.165) is 45.0 Å². The summed E-state index contributed by atoms with van der Waals surface area (Å²) >= 11 is 0. The zero-order chi connectivity index (χ0) is 13.7. The molecule has 1 saturated heterocycles. The highest BCUT2D eigenvalue weighted by Gasteiger charge is 2.19. The Morgan fingerprint density at radius 3 is 3.05 bits per heavy atom. The molecule has 1 fully saturated rings. The molecule has 0 amide bonds. The molecule has 0 aromatic carbocycles. The smallest absolute Gasteiger partial charge is 0.118 e. The van der Waals surface area contributed by atoms with Crippen molar-refractivity contribution in [1.82, 2.24) is 10.2 Å². The third-order valence-corrected chi connectivity index (χ3v) is 3.48. The van der Waals surface area contributed by atoms with Gasteiger partial charge in [0.25, 0.3) is 0 Å². The van der Waals surface area contributed by atoms with Gasteiger partial charge in [0.15, 0.2) is 0 Å². The average Bonchev–Trinajstić information content (AvgIpc) is 2.84. The normalized spacial score (nSPS) is 21.2. The van der Waals surface area contributed by atoms with Crippen LogP contribution < -0.4 is 5.32 Å². The van der Waals surface area contributed by atoms with Crippen LogP contribution in [0.1, 0.15) is 38.5 Å². The third kappa shape index (κ3) is 4.64. The summed E-state index contributed by atoms with van der Waals surface area (Å²) in [5, 5.41) is 3.40. The molecule has 4 heteroatoms. The first-order valence-electron chi connectivity index (χ1n) is 7.31. The number of hydrogen-bond donors (Lipinski definition) is 1. The molecule has 19 heavy (non-hydrogen) atoms. The molecule has 0 saturated carbocycles. The van der Waals surface area contributed by atoms with Gasteiger partial charge in [-0.1, -0.05) is 20.8 Å². The van der Waals surface area contributed by atoms with Crippen molar-refractivity contribution in [2.45, 2.75) is 52.4 Å². The van der Waals surface area contributed by atoms with Crippen LogP contribution in [0.25, 0.3) is 0 Å². The van der Waals surface area contributed by atoms with Crippen LogP contribution in [0.2, 0.25) is 0 Å². The summed E-state index contributed by atoms with van der Waals surface area (Å²) in [5.41, 5.74) is 1.23. The molecule has 0 radical (unpaired) electrons. The summed E-state index contributed by atoms with van der Waals surface area (Å²) in [6.07, 6.45) is 3.33. The Hall–Kier alpha value is -0.840. The molecule has 2 heterocycles. The van der Waals surface area contributed by atoms with Gasteiger partial charge in [0.2, 0.25) is 0 Å². The molecule has 4 nitrogen and oxygen atoms in total. The topological polar surface area (TPSA) is 37.6 Å². The Bertz CT molecular complexity index is 376. The first kappa shape index (κ1) is 14.6. The van der Waals surface area contributed by atoms with Gasteiger partial charge in [-0.2, -0.15) is 0 Å². The molecule has 1 aromatic heterocycles. The van der Waals surface area contributed by atoms with Crippen molar-refractivity contribution >= 4 is 0 Å². The van der Waals surface area contributed by atoms with Crippen molar-refractivity contribution in [3.63, 3.8) is 0 Å². The van der Waals surface area contributed by atoms with Gasteiger partial charge < -0.3 is 14.5 Å². The number of furan rings is 1. The van der Waals surface area contributed by atoms with Crippen LogP contribution in [0.3, 0.4) is 0 Å². The Morgan fingerprint density at radius 1 is 1.47 bits per heavy atom. The minimum Gasteiger partial charge on any atom is -0.468 e. The number of nitrogens with zero attached hydrogens (tertiary/aromatic N) is 1. The van der Waals surface area contributed by atoms with E-state index in [9.17, 15) is 0 Å². The fourth-order valence-electron chi connectivity index (χ4n) is 2.32. The quantitative estimate of drug-likeness (QED) is 0.858. The average molecular weight is 266 g/mol. The molecule has 1 aromatic rings. The van der Waals surface area contributed by atoms with E-state index in [2.05, 4.69) is 37.1 Å². The first-order valence-corrected chi connectivity index (χ1v) is 7.31. The van der Waals surface area contributed by atoms with Crippen molar-refractivity contribution in [1.29, 1.82) is 0 Å². The summed E-state index contributed by atoms with van der Waals surface area (Å²) < 4.78 is 11.3. The zero-order valence-electron chi connectivity index (χ0n) is 12.3. The molecular formula is C15H26N2O2. The van der Waals surface area contributed by atoms with Gasteiger partial charge in [-0.3, -0.25) is 4.90 Å². The van der Waals surface area contributed by atoms with Gasteiger partial charge >= 0.3 is 0 Å². The fourth-order valence-corrected chi connectivity index (χ4v) is 2.32. The number of ether oxygens (including phenoxy) is 1. The van der Waals surface area contributed by atoms with Crippen molar-refractivity contribution in [3.8, 4) is 0 Å². The lowest BCUT2D eigenvalue weighted by molar-refractivity contribution is -0.0341. The standard InChI is InChI=1S/C15H26N2O2/c1-4-14-9-17(5-6-18-14)10-15-7-13(11-19-15)8-16-12(2)3/h7,11-12,14,16H,4-6,8-10H2,1-3H3. The second-order valence-corrected chi connectivity index (χ2v) is 5.59. The maximum absolute atomic E-state index is 5.68. The first-order chi connectivity index (χ1) is 9.17. The minimum atomic E-state index is 0.380. The molecular weight excluding hydrogens is 240 g/mol. The van der Waals surface area contributed by atoms with Crippen LogP contribution in [-0.2, 0) is 17.8 Å². The van der Waals surface area contributed by atoms with E-state index in [1.54, 1.807) is 0 Å². The third-order valence-electron chi connectivity index (χ3n) is 3.48. The van der Waals surface area contributed by atoms with Gasteiger partial charge in [0, 0.05) is 31.2 Å². The molecule has 108 valence electrons. The molecule has 1 unspecified atom stereocenters. The molecule has 0 aliphatic carbocycles. The number of nitrogens with one attached hydrogen (secondary N) is 1. The van der Waals surface area contributed by atoms with E-state index in [4.69, 9.17) is 9.15 Å². The Kier molecular flexibility index (Phi) is 5.43. The Morgan fingerprint density at radius 2 is 2.32 bits per heavy atom. The predicted octanol–water partition coefficient (Wildman–Crippen LogP) is 2.39. The molecule has 2 rings (SSSR count). The van der Waals surface area contributed by atoms with Crippen LogP contribution in [0.5, 0.6) is 0 Å². The van der Waals surface area contributed by atoms with E-state index < -0.39 is 0 Å². The lowest BCUT2D eigenvalue weighted by atomic mass is 10.2. The number of morpholine rings is 1. The monoisotopic (exact) mass is 266 g/mol. The summed E-state index contributed by atoms with van der Waals surface area (Å²) in [6.45, 7) is 11.1. The summed E-state index contributed by atoms with van der Waals surface area (Å²) in [4.78, 5) is 2.41. The van der Waals surface area contributed by atoms with Crippen LogP contribution in [0.15, 0.2) is 16.7 Å². The highest BCUT2D eigenvalue weighted by atomic mass is 16.5. The maximum Gasteiger partial charge on any atom is 0.118 e. The van der Waals surface area contributed by atoms with Crippen molar-refractivity contribution in [3.05, 3.63) is 23.7 Å². The van der Waals surface area contributed by atoms with Gasteiger partial charge in [-0.05, 0) is 12.5 Å². The zero-order valence-corrected chi connectivity index (χ0v) is 12.3. The summed E-state index contributed by atoms with van der Waals surface area (Å²) in [7, 11) is 0. The van der Waals surface area contributed by atoms with Gasteiger partial charge in [-0.25, -0.2) is 0 Å². The predicted molar refractivity (Wildman–Crippen MR) is 76.0 cm³/mol. The number of rotatable bonds is 6.